The van der Waals surface area contributed by atoms with Crippen molar-refractivity contribution in [3.8, 4) is 0 Å². The Bertz CT molecular complexity index is 466. The molecule has 0 aliphatic heterocycles. The molecular weight excluding hydrogens is 258 g/mol. The second-order valence-electron chi connectivity index (χ2n) is 4.62. The minimum Gasteiger partial charge on any atom is -0.273 e. The molecule has 0 spiro atoms. The summed E-state index contributed by atoms with van der Waals surface area (Å²) in [5.41, 5.74) is 0. The molecule has 1 atom stereocenters. The quantitative estimate of drug-likeness (QED) is 0.705. The summed E-state index contributed by atoms with van der Waals surface area (Å²) in [6, 6.07) is 13.0. The van der Waals surface area contributed by atoms with Gasteiger partial charge in [-0.15, -0.1) is 0 Å². The summed E-state index contributed by atoms with van der Waals surface area (Å²) >= 11 is 0. The van der Waals surface area contributed by atoms with Crippen LogP contribution in [0.1, 0.15) is 27.7 Å². The van der Waals surface area contributed by atoms with E-state index in [1.807, 2.05) is 37.3 Å². The van der Waals surface area contributed by atoms with E-state index in [4.69, 9.17) is 4.03 Å². The first-order valence-corrected chi connectivity index (χ1v) is 11.1. The van der Waals surface area contributed by atoms with Crippen LogP contribution in [0, 0.1) is 0 Å². The zero-order valence-electron chi connectivity index (χ0n) is 12.0. The Labute approximate surface area is 113 Å². The van der Waals surface area contributed by atoms with Crippen molar-refractivity contribution in [2.75, 3.05) is 5.75 Å². The van der Waals surface area contributed by atoms with E-state index in [0.717, 1.165) is 23.0 Å². The molecule has 0 aliphatic rings. The third-order valence-corrected chi connectivity index (χ3v) is 12.3. The zero-order valence-corrected chi connectivity index (χ0v) is 13.8. The van der Waals surface area contributed by atoms with Gasteiger partial charge in [0, 0.05) is 10.6 Å². The average molecular weight is 284 g/mol. The summed E-state index contributed by atoms with van der Waals surface area (Å²) in [5.74, 6) is 0.617. The van der Waals surface area contributed by atoms with Gasteiger partial charge in [0.15, 0.2) is 8.24 Å². The molecule has 0 heterocycles. The predicted octanol–water partition coefficient (Wildman–Crippen LogP) is 4.54. The van der Waals surface area contributed by atoms with Crippen LogP contribution >= 0.6 is 0 Å². The molecule has 102 valence electrons. The van der Waals surface area contributed by atoms with Crippen LogP contribution in [0.4, 0.5) is 0 Å². The topological polar surface area (TPSA) is 29.4 Å². The lowest BCUT2D eigenvalue weighted by Crippen LogP contribution is -2.31. The molecule has 0 radical (unpaired) electrons. The maximum absolute atomic E-state index is 13.1. The summed E-state index contributed by atoms with van der Waals surface area (Å²) in [7, 11) is -3.92. The van der Waals surface area contributed by atoms with Crippen LogP contribution in [-0.2, 0) is 9.73 Å². The Balaban J connectivity index is 3.36. The van der Waals surface area contributed by atoms with Gasteiger partial charge in [0.2, 0.25) is 0 Å². The molecule has 1 rings (SSSR count). The molecule has 0 bridgehead atoms. The fourth-order valence-corrected chi connectivity index (χ4v) is 9.58. The second-order valence-corrected chi connectivity index (χ2v) is 12.2. The molecule has 0 aromatic heterocycles. The van der Waals surface area contributed by atoms with Gasteiger partial charge in [0.25, 0.3) is 0 Å². The first kappa shape index (κ1) is 15.4. The first-order chi connectivity index (χ1) is 8.55. The van der Waals surface area contributed by atoms with E-state index >= 15 is 0 Å². The van der Waals surface area contributed by atoms with Gasteiger partial charge in [-0.3, -0.25) is 4.03 Å². The normalized spacial score (nSPS) is 15.1. The molecule has 4 heteroatoms. The van der Waals surface area contributed by atoms with Crippen LogP contribution in [-0.4, -0.2) is 18.2 Å². The van der Waals surface area contributed by atoms with Gasteiger partial charge < -0.3 is 0 Å². The Morgan fingerprint density at radius 1 is 1.00 bits per heavy atom. The molecule has 0 aliphatic carbocycles. The van der Waals surface area contributed by atoms with Crippen molar-refractivity contribution in [2.45, 2.75) is 50.7 Å². The molecule has 1 unspecified atom stereocenters. The lowest BCUT2D eigenvalue weighted by atomic mass is 10.4. The minimum atomic E-state index is -2.21. The highest BCUT2D eigenvalue weighted by molar-refractivity contribution is 7.94. The summed E-state index contributed by atoms with van der Waals surface area (Å²) in [6.45, 7) is 8.58. The SMILES string of the molecule is CC[Si](CC)(CC)N=S(=O)(CC)c1ccccc1. The molecular formula is C14H25NOSSi. The van der Waals surface area contributed by atoms with E-state index in [9.17, 15) is 4.21 Å². The summed E-state index contributed by atoms with van der Waals surface area (Å²) in [5, 5.41) is 0. The molecule has 0 saturated carbocycles. The van der Waals surface area contributed by atoms with Gasteiger partial charge >= 0.3 is 0 Å². The van der Waals surface area contributed by atoms with Crippen molar-refractivity contribution in [1.29, 1.82) is 0 Å². The van der Waals surface area contributed by atoms with Gasteiger partial charge in [-0.2, -0.15) is 0 Å². The predicted molar refractivity (Wildman–Crippen MR) is 83.0 cm³/mol. The summed E-state index contributed by atoms with van der Waals surface area (Å²) < 4.78 is 18.1. The monoisotopic (exact) mass is 283 g/mol. The first-order valence-electron chi connectivity index (χ1n) is 6.87. The smallest absolute Gasteiger partial charge is 0.193 e. The fourth-order valence-electron chi connectivity index (χ4n) is 2.17. The zero-order chi connectivity index (χ0) is 13.6. The molecule has 1 aromatic carbocycles. The van der Waals surface area contributed by atoms with E-state index in [2.05, 4.69) is 20.8 Å². The van der Waals surface area contributed by atoms with Crippen molar-refractivity contribution >= 4 is 18.0 Å². The van der Waals surface area contributed by atoms with Gasteiger partial charge in [0.1, 0.15) is 0 Å². The highest BCUT2D eigenvalue weighted by Gasteiger charge is 2.29. The van der Waals surface area contributed by atoms with Crippen LogP contribution < -0.4 is 0 Å². The Hall–Kier alpha value is -0.613. The molecule has 18 heavy (non-hydrogen) atoms. The van der Waals surface area contributed by atoms with Crippen molar-refractivity contribution in [1.82, 2.24) is 0 Å². The lowest BCUT2D eigenvalue weighted by Gasteiger charge is -2.24. The minimum absolute atomic E-state index is 0.617. The van der Waals surface area contributed by atoms with Crippen LogP contribution in [0.5, 0.6) is 0 Å². The Morgan fingerprint density at radius 2 is 1.50 bits per heavy atom. The molecule has 0 fully saturated rings. The van der Waals surface area contributed by atoms with Gasteiger partial charge in [-0.1, -0.05) is 45.9 Å². The molecule has 0 amide bonds. The standard InChI is InChI=1S/C14H25NOSSi/c1-5-17(16,14-12-10-9-11-13-14)15-18(6-2,7-3)8-4/h9-13H,5-8H2,1-4H3. The van der Waals surface area contributed by atoms with Crippen molar-refractivity contribution in [2.24, 2.45) is 4.03 Å². The third kappa shape index (κ3) is 3.23. The van der Waals surface area contributed by atoms with Crippen molar-refractivity contribution < 1.29 is 4.21 Å². The highest BCUT2D eigenvalue weighted by Crippen LogP contribution is 2.26. The van der Waals surface area contributed by atoms with Gasteiger partial charge in [-0.25, -0.2) is 4.21 Å². The number of rotatable bonds is 6. The van der Waals surface area contributed by atoms with Crippen LogP contribution in [0.2, 0.25) is 18.1 Å². The summed E-state index contributed by atoms with van der Waals surface area (Å²) in [4.78, 5) is 0.903. The number of nitrogens with zero attached hydrogens (tertiary/aromatic N) is 1. The maximum Gasteiger partial charge on any atom is 0.193 e. The number of benzene rings is 1. The second kappa shape index (κ2) is 6.52. The maximum atomic E-state index is 13.1. The molecule has 1 aromatic rings. The number of hydrogen-bond donors (Lipinski definition) is 0. The molecule has 0 N–H and O–H groups in total. The number of hydrogen-bond acceptors (Lipinski definition) is 2. The largest absolute Gasteiger partial charge is 0.273 e. The average Bonchev–Trinajstić information content (AvgIpc) is 2.46. The Kier molecular flexibility index (Phi) is 5.60. The Morgan fingerprint density at radius 3 is 1.89 bits per heavy atom. The third-order valence-electron chi connectivity index (χ3n) is 3.82. The van der Waals surface area contributed by atoms with Crippen LogP contribution in [0.25, 0.3) is 0 Å². The van der Waals surface area contributed by atoms with E-state index < -0.39 is 18.0 Å². The molecule has 2 nitrogen and oxygen atoms in total. The van der Waals surface area contributed by atoms with E-state index in [1.54, 1.807) is 0 Å². The van der Waals surface area contributed by atoms with Crippen molar-refractivity contribution in [3.63, 3.8) is 0 Å². The fraction of sp³-hybridized carbons (Fsp3) is 0.571. The highest BCUT2D eigenvalue weighted by atomic mass is 32.2. The van der Waals surface area contributed by atoms with Crippen molar-refractivity contribution in [3.05, 3.63) is 30.3 Å². The van der Waals surface area contributed by atoms with Gasteiger partial charge in [0.05, 0.1) is 9.73 Å². The van der Waals surface area contributed by atoms with E-state index in [1.165, 1.54) is 0 Å². The molecule has 0 saturated heterocycles. The van der Waals surface area contributed by atoms with Gasteiger partial charge in [-0.05, 0) is 30.3 Å². The van der Waals surface area contributed by atoms with Crippen LogP contribution in [0.3, 0.4) is 0 Å². The summed E-state index contributed by atoms with van der Waals surface area (Å²) in [6.07, 6.45) is 0. The van der Waals surface area contributed by atoms with E-state index in [0.29, 0.717) is 5.75 Å². The van der Waals surface area contributed by atoms with Crippen LogP contribution in [0.15, 0.2) is 39.3 Å². The van der Waals surface area contributed by atoms with E-state index in [-0.39, 0.29) is 0 Å². The lowest BCUT2D eigenvalue weighted by molar-refractivity contribution is 0.677.